The maximum absolute atomic E-state index is 12.0. The molecule has 1 aliphatic carbocycles. The molecule has 3 aromatic carbocycles. The van der Waals surface area contributed by atoms with Crippen molar-refractivity contribution in [3.8, 4) is 5.75 Å². The number of hydrogen-bond donors (Lipinski definition) is 1. The normalized spacial score (nSPS) is 18.2. The number of carboxylic acid groups (broad SMARTS) is 1. The van der Waals surface area contributed by atoms with Crippen molar-refractivity contribution in [2.24, 2.45) is 11.3 Å². The number of hydrogen-bond acceptors (Lipinski definition) is 4. The summed E-state index contributed by atoms with van der Waals surface area (Å²) in [5, 5.41) is 10.9. The molecule has 7 heteroatoms. The van der Waals surface area contributed by atoms with E-state index >= 15 is 0 Å². The van der Waals surface area contributed by atoms with Crippen LogP contribution in [0.1, 0.15) is 36.8 Å². The van der Waals surface area contributed by atoms with E-state index in [0.29, 0.717) is 18.9 Å². The predicted octanol–water partition coefficient (Wildman–Crippen LogP) is 6.80. The predicted molar refractivity (Wildman–Crippen MR) is 147 cm³/mol. The Morgan fingerprint density at radius 1 is 1.00 bits per heavy atom. The Bertz CT molecular complexity index is 1660. The van der Waals surface area contributed by atoms with Gasteiger partial charge in [-0.05, 0) is 47.4 Å². The van der Waals surface area contributed by atoms with Crippen molar-refractivity contribution in [3.63, 3.8) is 0 Å². The van der Waals surface area contributed by atoms with E-state index in [4.69, 9.17) is 14.7 Å². The molecule has 0 radical (unpaired) electrons. The summed E-state index contributed by atoms with van der Waals surface area (Å²) in [7, 11) is 0. The van der Waals surface area contributed by atoms with Crippen molar-refractivity contribution in [1.82, 2.24) is 14.5 Å². The number of halogens is 1. The Kier molecular flexibility index (Phi) is 5.75. The average Bonchev–Trinajstić information content (AvgIpc) is 3.30. The fraction of sp³-hybridized carbons (Fsp3) is 0.233. The van der Waals surface area contributed by atoms with Gasteiger partial charge in [-0.25, -0.2) is 9.97 Å². The van der Waals surface area contributed by atoms with Gasteiger partial charge in [0, 0.05) is 28.4 Å². The zero-order valence-electron chi connectivity index (χ0n) is 20.6. The number of ether oxygens (including phenoxy) is 1. The summed E-state index contributed by atoms with van der Waals surface area (Å²) in [6.07, 6.45) is 0. The molecule has 2 aromatic heterocycles. The van der Waals surface area contributed by atoms with E-state index in [2.05, 4.69) is 38.7 Å². The summed E-state index contributed by atoms with van der Waals surface area (Å²) < 4.78 is 9.25. The van der Waals surface area contributed by atoms with Crippen LogP contribution in [-0.4, -0.2) is 25.6 Å². The minimum absolute atomic E-state index is 0.157. The standard InChI is InChI=1S/C30H26BrN3O3/c1-30(2)26(27(30)29(35)36)28-33-24-15-22(37-17-21-11-10-19-7-3-4-9-23(19)32-21)12-13-25(24)34(28)16-18-6-5-8-20(31)14-18/h3-15,26-27H,16-17H2,1-2H3,(H,35,36). The summed E-state index contributed by atoms with van der Waals surface area (Å²) in [4.78, 5) is 21.6. The van der Waals surface area contributed by atoms with Gasteiger partial charge in [0.1, 0.15) is 18.2 Å². The molecule has 2 heterocycles. The first-order chi connectivity index (χ1) is 17.8. The lowest BCUT2D eigenvalue weighted by Gasteiger charge is -2.11. The summed E-state index contributed by atoms with van der Waals surface area (Å²) in [5.74, 6) is 0.116. The fourth-order valence-corrected chi connectivity index (χ4v) is 5.81. The molecule has 6 rings (SSSR count). The quantitative estimate of drug-likeness (QED) is 0.239. The highest BCUT2D eigenvalue weighted by Crippen LogP contribution is 2.64. The van der Waals surface area contributed by atoms with Gasteiger partial charge in [0.05, 0.1) is 28.2 Å². The second-order valence-electron chi connectivity index (χ2n) is 10.2. The monoisotopic (exact) mass is 555 g/mol. The van der Waals surface area contributed by atoms with Crippen molar-refractivity contribution >= 4 is 43.8 Å². The molecule has 37 heavy (non-hydrogen) atoms. The highest BCUT2D eigenvalue weighted by Gasteiger charge is 2.64. The second kappa shape index (κ2) is 8.99. The maximum Gasteiger partial charge on any atom is 0.307 e. The van der Waals surface area contributed by atoms with E-state index in [-0.39, 0.29) is 11.3 Å². The summed E-state index contributed by atoms with van der Waals surface area (Å²) in [6, 6.07) is 26.1. The van der Waals surface area contributed by atoms with Gasteiger partial charge in [-0.3, -0.25) is 4.79 Å². The Hall–Kier alpha value is -3.71. The van der Waals surface area contributed by atoms with Gasteiger partial charge in [-0.2, -0.15) is 0 Å². The van der Waals surface area contributed by atoms with Gasteiger partial charge in [0.25, 0.3) is 0 Å². The zero-order valence-corrected chi connectivity index (χ0v) is 22.1. The fourth-order valence-electron chi connectivity index (χ4n) is 5.37. The number of aromatic nitrogens is 3. The summed E-state index contributed by atoms with van der Waals surface area (Å²) in [5.41, 5.74) is 4.30. The third-order valence-electron chi connectivity index (χ3n) is 7.39. The van der Waals surface area contributed by atoms with E-state index in [1.54, 1.807) is 0 Å². The van der Waals surface area contributed by atoms with Crippen molar-refractivity contribution in [1.29, 1.82) is 0 Å². The van der Waals surface area contributed by atoms with Crippen LogP contribution >= 0.6 is 15.9 Å². The molecular formula is C30H26BrN3O3. The molecule has 0 amide bonds. The number of nitrogens with zero attached hydrogens (tertiary/aromatic N) is 3. The number of pyridine rings is 1. The molecule has 1 N–H and O–H groups in total. The number of para-hydroxylation sites is 1. The van der Waals surface area contributed by atoms with E-state index in [1.807, 2.05) is 74.5 Å². The maximum atomic E-state index is 12.0. The van der Waals surface area contributed by atoms with Crippen LogP contribution in [0.4, 0.5) is 0 Å². The first-order valence-corrected chi connectivity index (χ1v) is 13.1. The van der Waals surface area contributed by atoms with Crippen LogP contribution < -0.4 is 4.74 Å². The largest absolute Gasteiger partial charge is 0.487 e. The molecule has 6 nitrogen and oxygen atoms in total. The van der Waals surface area contributed by atoms with E-state index in [1.165, 1.54) is 0 Å². The number of carbonyl (C=O) groups is 1. The van der Waals surface area contributed by atoms with E-state index < -0.39 is 11.9 Å². The number of benzene rings is 3. The van der Waals surface area contributed by atoms with Gasteiger partial charge < -0.3 is 14.4 Å². The lowest BCUT2D eigenvalue weighted by molar-refractivity contribution is -0.139. The molecule has 1 saturated carbocycles. The van der Waals surface area contributed by atoms with Crippen molar-refractivity contribution in [2.75, 3.05) is 0 Å². The van der Waals surface area contributed by atoms with Gasteiger partial charge in [-0.1, -0.05) is 66.2 Å². The lowest BCUT2D eigenvalue weighted by Crippen LogP contribution is -2.07. The van der Waals surface area contributed by atoms with Crippen LogP contribution in [0.2, 0.25) is 0 Å². The molecule has 5 aromatic rings. The molecule has 0 saturated heterocycles. The highest BCUT2D eigenvalue weighted by atomic mass is 79.9. The van der Waals surface area contributed by atoms with Crippen LogP contribution in [0.25, 0.3) is 21.9 Å². The Morgan fingerprint density at radius 2 is 1.84 bits per heavy atom. The molecule has 0 bridgehead atoms. The number of fused-ring (bicyclic) bond motifs is 2. The van der Waals surface area contributed by atoms with Crippen molar-refractivity contribution in [3.05, 3.63) is 100 Å². The molecule has 2 unspecified atom stereocenters. The summed E-state index contributed by atoms with van der Waals surface area (Å²) >= 11 is 3.56. The average molecular weight is 556 g/mol. The smallest absolute Gasteiger partial charge is 0.307 e. The Balaban J connectivity index is 1.33. The van der Waals surface area contributed by atoms with Crippen LogP contribution in [0.3, 0.4) is 0 Å². The lowest BCUT2D eigenvalue weighted by atomic mass is 10.1. The SMILES string of the molecule is CC1(C)C(C(=O)O)C1c1nc2cc(OCc3ccc4ccccc4n3)ccc2n1Cc1cccc(Br)c1. The number of rotatable bonds is 7. The molecule has 186 valence electrons. The Labute approximate surface area is 223 Å². The molecule has 0 aliphatic heterocycles. The number of imidazole rings is 1. The van der Waals surface area contributed by atoms with Crippen molar-refractivity contribution in [2.45, 2.75) is 32.9 Å². The van der Waals surface area contributed by atoms with Crippen LogP contribution in [0, 0.1) is 11.3 Å². The second-order valence-corrected chi connectivity index (χ2v) is 11.2. The molecular weight excluding hydrogens is 530 g/mol. The van der Waals surface area contributed by atoms with Crippen LogP contribution in [0.15, 0.2) is 83.3 Å². The third-order valence-corrected chi connectivity index (χ3v) is 7.89. The van der Waals surface area contributed by atoms with Crippen molar-refractivity contribution < 1.29 is 14.6 Å². The van der Waals surface area contributed by atoms with E-state index in [9.17, 15) is 9.90 Å². The minimum Gasteiger partial charge on any atom is -0.487 e. The van der Waals surface area contributed by atoms with Gasteiger partial charge >= 0.3 is 5.97 Å². The minimum atomic E-state index is -0.775. The van der Waals surface area contributed by atoms with E-state index in [0.717, 1.165) is 43.5 Å². The molecule has 1 aliphatic rings. The first kappa shape index (κ1) is 23.7. The zero-order chi connectivity index (χ0) is 25.7. The van der Waals surface area contributed by atoms with Gasteiger partial charge in [0.15, 0.2) is 0 Å². The Morgan fingerprint density at radius 3 is 2.62 bits per heavy atom. The number of aliphatic carboxylic acids is 1. The van der Waals surface area contributed by atoms with Crippen LogP contribution in [0.5, 0.6) is 5.75 Å². The molecule has 1 fully saturated rings. The van der Waals surface area contributed by atoms with Gasteiger partial charge in [-0.15, -0.1) is 0 Å². The molecule has 2 atom stereocenters. The van der Waals surface area contributed by atoms with Crippen LogP contribution in [-0.2, 0) is 17.9 Å². The number of carboxylic acids is 1. The highest BCUT2D eigenvalue weighted by molar-refractivity contribution is 9.10. The molecule has 0 spiro atoms. The topological polar surface area (TPSA) is 77.2 Å². The third kappa shape index (κ3) is 4.37. The first-order valence-electron chi connectivity index (χ1n) is 12.3. The van der Waals surface area contributed by atoms with Gasteiger partial charge in [0.2, 0.25) is 0 Å². The summed E-state index contributed by atoms with van der Waals surface area (Å²) in [6.45, 7) is 4.96.